The molecule has 0 radical (unpaired) electrons. The third kappa shape index (κ3) is 6.42. The van der Waals surface area contributed by atoms with Crippen molar-refractivity contribution in [3.8, 4) is 0 Å². The van der Waals surface area contributed by atoms with E-state index in [9.17, 15) is 14.4 Å². The fraction of sp³-hybridized carbons (Fsp3) is 0.276. The molecule has 0 bridgehead atoms. The Balaban J connectivity index is 1.74. The summed E-state index contributed by atoms with van der Waals surface area (Å²) in [4.78, 5) is 42.1. The fourth-order valence-electron chi connectivity index (χ4n) is 3.97. The number of anilines is 2. The second-order valence-corrected chi connectivity index (χ2v) is 9.40. The Hall–Kier alpha value is -3.66. The highest BCUT2D eigenvalue weighted by molar-refractivity contribution is 8.00. The Bertz CT molecular complexity index is 1140. The van der Waals surface area contributed by atoms with Crippen molar-refractivity contribution in [2.75, 3.05) is 18.1 Å². The number of thioether (sulfide) groups is 1. The van der Waals surface area contributed by atoms with Gasteiger partial charge in [0.05, 0.1) is 13.2 Å². The summed E-state index contributed by atoms with van der Waals surface area (Å²) in [7, 11) is 0. The van der Waals surface area contributed by atoms with Crippen LogP contribution in [0.25, 0.3) is 0 Å². The Morgan fingerprint density at radius 1 is 0.737 bits per heavy atom. The van der Waals surface area contributed by atoms with Gasteiger partial charge in [0.2, 0.25) is 5.91 Å². The molecule has 1 saturated heterocycles. The van der Waals surface area contributed by atoms with Crippen molar-refractivity contribution in [1.29, 1.82) is 0 Å². The van der Waals surface area contributed by atoms with E-state index in [1.807, 2.05) is 91.0 Å². The summed E-state index contributed by atoms with van der Waals surface area (Å²) in [6, 6.07) is 27.7. The minimum Gasteiger partial charge on any atom is -0.464 e. The maximum absolute atomic E-state index is 14.4. The molecule has 4 rings (SSSR count). The predicted molar refractivity (Wildman–Crippen MR) is 143 cm³/mol. The van der Waals surface area contributed by atoms with Gasteiger partial charge < -0.3 is 18.9 Å². The van der Waals surface area contributed by atoms with Gasteiger partial charge in [-0.05, 0) is 50.2 Å². The minimum atomic E-state index is -1.37. The van der Waals surface area contributed by atoms with Gasteiger partial charge in [0.15, 0.2) is 18.5 Å². The molecule has 1 aliphatic rings. The number of nitrogens with zero attached hydrogens (tertiary/aromatic N) is 1. The van der Waals surface area contributed by atoms with Crippen molar-refractivity contribution in [2.24, 2.45) is 0 Å². The smallest absolute Gasteiger partial charge is 0.338 e. The monoisotopic (exact) mass is 535 g/mol. The van der Waals surface area contributed by atoms with E-state index in [4.69, 9.17) is 18.9 Å². The average Bonchev–Trinajstić information content (AvgIpc) is 3.39. The van der Waals surface area contributed by atoms with Crippen LogP contribution in [0.3, 0.4) is 0 Å². The highest BCUT2D eigenvalue weighted by atomic mass is 32.2. The zero-order valence-corrected chi connectivity index (χ0v) is 21.9. The highest BCUT2D eigenvalue weighted by Gasteiger charge is 2.51. The number of rotatable bonds is 10. The number of carbonyl (C=O) groups is 3. The molecule has 38 heavy (non-hydrogen) atoms. The predicted octanol–water partition coefficient (Wildman–Crippen LogP) is 4.75. The summed E-state index contributed by atoms with van der Waals surface area (Å²) in [5, 5.41) is -0.992. The van der Waals surface area contributed by atoms with E-state index in [1.54, 1.807) is 18.7 Å². The molecule has 198 valence electrons. The summed E-state index contributed by atoms with van der Waals surface area (Å²) in [6.07, 6.45) is -3.98. The number of amides is 1. The maximum Gasteiger partial charge on any atom is 0.338 e. The SMILES string of the molecule is CCOC(=O)[C@@H]1OC(C(Sc2ccccc2)C(=O)N(c2ccccc2)c2ccccc2)O[C@H]1C(=O)OCC. The molecule has 1 heterocycles. The Morgan fingerprint density at radius 3 is 1.58 bits per heavy atom. The molecule has 0 aromatic heterocycles. The molecular formula is C29H29NO7S. The first-order chi connectivity index (χ1) is 18.5. The first-order valence-electron chi connectivity index (χ1n) is 12.3. The fourth-order valence-corrected chi connectivity index (χ4v) is 5.02. The number of para-hydroxylation sites is 2. The van der Waals surface area contributed by atoms with Crippen LogP contribution in [0.5, 0.6) is 0 Å². The molecular weight excluding hydrogens is 506 g/mol. The topological polar surface area (TPSA) is 91.4 Å². The molecule has 0 aliphatic carbocycles. The first-order valence-corrected chi connectivity index (χ1v) is 13.2. The molecule has 3 atom stereocenters. The maximum atomic E-state index is 14.4. The largest absolute Gasteiger partial charge is 0.464 e. The molecule has 1 amide bonds. The molecule has 1 aliphatic heterocycles. The van der Waals surface area contributed by atoms with Crippen LogP contribution >= 0.6 is 11.8 Å². The lowest BCUT2D eigenvalue weighted by Crippen LogP contribution is -2.42. The van der Waals surface area contributed by atoms with Gasteiger partial charge in [-0.25, -0.2) is 9.59 Å². The molecule has 9 heteroatoms. The number of hydrogen-bond acceptors (Lipinski definition) is 8. The Labute approximate surface area is 225 Å². The highest BCUT2D eigenvalue weighted by Crippen LogP contribution is 2.37. The third-order valence-electron chi connectivity index (χ3n) is 5.62. The number of ether oxygens (including phenoxy) is 4. The van der Waals surface area contributed by atoms with E-state index in [2.05, 4.69) is 0 Å². The second-order valence-electron chi connectivity index (χ2n) is 8.18. The van der Waals surface area contributed by atoms with Crippen LogP contribution in [0.4, 0.5) is 11.4 Å². The summed E-state index contributed by atoms with van der Waals surface area (Å²) in [5.41, 5.74) is 1.29. The number of hydrogen-bond donors (Lipinski definition) is 0. The van der Waals surface area contributed by atoms with E-state index in [1.165, 1.54) is 11.8 Å². The normalized spacial score (nSPS) is 17.9. The lowest BCUT2D eigenvalue weighted by Gasteiger charge is -2.29. The van der Waals surface area contributed by atoms with Crippen LogP contribution in [-0.2, 0) is 33.3 Å². The number of carbonyl (C=O) groups excluding carboxylic acids is 3. The van der Waals surface area contributed by atoms with Crippen molar-refractivity contribution in [2.45, 2.75) is 42.5 Å². The summed E-state index contributed by atoms with van der Waals surface area (Å²) in [5.74, 6) is -1.87. The summed E-state index contributed by atoms with van der Waals surface area (Å²) < 4.78 is 22.2. The standard InChI is InChI=1S/C29H29NO7S/c1-3-34-27(32)23-24(28(33)35-4-2)37-29(36-23)25(38-22-18-12-7-13-19-22)26(31)30(20-14-8-5-9-15-20)21-16-10-6-11-17-21/h5-19,23-25,29H,3-4H2,1-2H3/t23-,24-,25?/m1/s1. The molecule has 3 aromatic carbocycles. The van der Waals surface area contributed by atoms with Crippen LogP contribution in [0.2, 0.25) is 0 Å². The molecule has 1 fully saturated rings. The quantitative estimate of drug-likeness (QED) is 0.271. The van der Waals surface area contributed by atoms with Crippen LogP contribution in [0, 0.1) is 0 Å². The summed E-state index contributed by atoms with van der Waals surface area (Å²) in [6.45, 7) is 3.49. The zero-order valence-electron chi connectivity index (χ0n) is 21.1. The van der Waals surface area contributed by atoms with Crippen molar-refractivity contribution in [3.63, 3.8) is 0 Å². The van der Waals surface area contributed by atoms with Gasteiger partial charge >= 0.3 is 11.9 Å². The van der Waals surface area contributed by atoms with Crippen molar-refractivity contribution in [1.82, 2.24) is 0 Å². The van der Waals surface area contributed by atoms with Gasteiger partial charge in [0, 0.05) is 16.3 Å². The first kappa shape index (κ1) is 27.4. The van der Waals surface area contributed by atoms with E-state index < -0.39 is 35.7 Å². The molecule has 1 unspecified atom stereocenters. The molecule has 0 N–H and O–H groups in total. The van der Waals surface area contributed by atoms with E-state index in [-0.39, 0.29) is 19.1 Å². The van der Waals surface area contributed by atoms with Gasteiger partial charge in [-0.15, -0.1) is 11.8 Å². The van der Waals surface area contributed by atoms with Crippen LogP contribution < -0.4 is 4.90 Å². The van der Waals surface area contributed by atoms with Crippen LogP contribution in [-0.4, -0.2) is 54.8 Å². The van der Waals surface area contributed by atoms with Gasteiger partial charge in [-0.2, -0.15) is 0 Å². The number of benzene rings is 3. The van der Waals surface area contributed by atoms with Crippen LogP contribution in [0.15, 0.2) is 95.9 Å². The lowest BCUT2D eigenvalue weighted by molar-refractivity contribution is -0.163. The van der Waals surface area contributed by atoms with Crippen molar-refractivity contribution >= 4 is 41.0 Å². The van der Waals surface area contributed by atoms with Gasteiger partial charge in [0.25, 0.3) is 0 Å². The second kappa shape index (κ2) is 13.2. The zero-order chi connectivity index (χ0) is 26.9. The van der Waals surface area contributed by atoms with E-state index in [0.717, 1.165) is 4.90 Å². The molecule has 3 aromatic rings. The van der Waals surface area contributed by atoms with Gasteiger partial charge in [-0.3, -0.25) is 9.69 Å². The third-order valence-corrected chi connectivity index (χ3v) is 6.84. The van der Waals surface area contributed by atoms with E-state index in [0.29, 0.717) is 11.4 Å². The van der Waals surface area contributed by atoms with Gasteiger partial charge in [-0.1, -0.05) is 54.6 Å². The Morgan fingerprint density at radius 2 is 1.16 bits per heavy atom. The molecule has 8 nitrogen and oxygen atoms in total. The van der Waals surface area contributed by atoms with E-state index >= 15 is 0 Å². The lowest BCUT2D eigenvalue weighted by atomic mass is 10.2. The Kier molecular flexibility index (Phi) is 9.53. The molecule has 0 saturated carbocycles. The van der Waals surface area contributed by atoms with Crippen molar-refractivity contribution in [3.05, 3.63) is 91.0 Å². The number of esters is 2. The van der Waals surface area contributed by atoms with Crippen molar-refractivity contribution < 1.29 is 33.3 Å². The average molecular weight is 536 g/mol. The van der Waals surface area contributed by atoms with Gasteiger partial charge in [0.1, 0.15) is 5.25 Å². The summed E-state index contributed by atoms with van der Waals surface area (Å²) >= 11 is 1.22. The molecule has 0 spiro atoms. The minimum absolute atomic E-state index is 0.0931. The van der Waals surface area contributed by atoms with Crippen LogP contribution in [0.1, 0.15) is 13.8 Å².